The summed E-state index contributed by atoms with van der Waals surface area (Å²) in [6.07, 6.45) is 0. The fourth-order valence-corrected chi connectivity index (χ4v) is 2.47. The van der Waals surface area contributed by atoms with Crippen molar-refractivity contribution < 1.29 is 19.0 Å². The van der Waals surface area contributed by atoms with Crippen molar-refractivity contribution in [1.82, 2.24) is 0 Å². The summed E-state index contributed by atoms with van der Waals surface area (Å²) >= 11 is 0. The van der Waals surface area contributed by atoms with E-state index < -0.39 is 0 Å². The molecule has 0 amide bonds. The lowest BCUT2D eigenvalue weighted by Gasteiger charge is -2.13. The molecular formula is C22H20O4. The molecule has 0 bridgehead atoms. The number of esters is 1. The standard InChI is InChI=1S/C22H20O4/c1-24-20-13-12-18(16-26-22(23)19-10-6-3-7-11-19)14-21(20)25-15-17-8-4-2-5-9-17/h2-14H,15-16H2,1H3. The molecular weight excluding hydrogens is 328 g/mol. The maximum absolute atomic E-state index is 12.1. The number of methoxy groups -OCH3 is 1. The SMILES string of the molecule is COc1ccc(COC(=O)c2ccccc2)cc1OCc1ccccc1. The second kappa shape index (κ2) is 8.72. The van der Waals surface area contributed by atoms with E-state index >= 15 is 0 Å². The summed E-state index contributed by atoms with van der Waals surface area (Å²) in [5.41, 5.74) is 2.43. The minimum atomic E-state index is -0.354. The van der Waals surface area contributed by atoms with E-state index in [9.17, 15) is 4.79 Å². The molecule has 0 saturated heterocycles. The molecule has 26 heavy (non-hydrogen) atoms. The molecule has 0 radical (unpaired) electrons. The van der Waals surface area contributed by atoms with Gasteiger partial charge in [-0.1, -0.05) is 54.6 Å². The van der Waals surface area contributed by atoms with Crippen molar-refractivity contribution in [2.45, 2.75) is 13.2 Å². The highest BCUT2D eigenvalue weighted by Gasteiger charge is 2.10. The Morgan fingerprint density at radius 2 is 1.46 bits per heavy atom. The minimum absolute atomic E-state index is 0.166. The van der Waals surface area contributed by atoms with E-state index in [1.165, 1.54) is 0 Å². The summed E-state index contributed by atoms with van der Waals surface area (Å²) in [5.74, 6) is 0.900. The van der Waals surface area contributed by atoms with Crippen molar-refractivity contribution in [3.8, 4) is 11.5 Å². The molecule has 3 aromatic rings. The van der Waals surface area contributed by atoms with Crippen molar-refractivity contribution >= 4 is 5.97 Å². The Bertz CT molecular complexity index is 845. The van der Waals surface area contributed by atoms with Gasteiger partial charge in [-0.05, 0) is 35.4 Å². The van der Waals surface area contributed by atoms with Gasteiger partial charge in [-0.3, -0.25) is 0 Å². The van der Waals surface area contributed by atoms with E-state index in [-0.39, 0.29) is 12.6 Å². The van der Waals surface area contributed by atoms with Gasteiger partial charge in [0.25, 0.3) is 0 Å². The van der Waals surface area contributed by atoms with Crippen LogP contribution >= 0.6 is 0 Å². The predicted octanol–water partition coefficient (Wildman–Crippen LogP) is 4.63. The molecule has 4 heteroatoms. The molecule has 0 spiro atoms. The van der Waals surface area contributed by atoms with Crippen LogP contribution in [0.25, 0.3) is 0 Å². The summed E-state index contributed by atoms with van der Waals surface area (Å²) in [5, 5.41) is 0. The van der Waals surface area contributed by atoms with Gasteiger partial charge < -0.3 is 14.2 Å². The first-order chi connectivity index (χ1) is 12.8. The van der Waals surface area contributed by atoms with E-state index in [1.807, 2.05) is 54.6 Å². The number of carbonyl (C=O) groups excluding carboxylic acids is 1. The number of hydrogen-bond acceptors (Lipinski definition) is 4. The van der Waals surface area contributed by atoms with Gasteiger partial charge in [0, 0.05) is 0 Å². The van der Waals surface area contributed by atoms with Crippen LogP contribution in [-0.4, -0.2) is 13.1 Å². The van der Waals surface area contributed by atoms with Crippen LogP contribution in [0.2, 0.25) is 0 Å². The van der Waals surface area contributed by atoms with Gasteiger partial charge in [0.1, 0.15) is 13.2 Å². The van der Waals surface area contributed by atoms with Crippen LogP contribution < -0.4 is 9.47 Å². The number of ether oxygens (including phenoxy) is 3. The molecule has 0 N–H and O–H groups in total. The molecule has 0 aliphatic rings. The van der Waals surface area contributed by atoms with Gasteiger partial charge in [-0.25, -0.2) is 4.79 Å². The lowest BCUT2D eigenvalue weighted by atomic mass is 10.2. The van der Waals surface area contributed by atoms with Crippen LogP contribution in [0.5, 0.6) is 11.5 Å². The largest absolute Gasteiger partial charge is 0.493 e. The zero-order valence-electron chi connectivity index (χ0n) is 14.6. The Kier molecular flexibility index (Phi) is 5.88. The molecule has 0 aliphatic carbocycles. The van der Waals surface area contributed by atoms with E-state index in [0.717, 1.165) is 11.1 Å². The van der Waals surface area contributed by atoms with Gasteiger partial charge in [0.15, 0.2) is 11.5 Å². The lowest BCUT2D eigenvalue weighted by Crippen LogP contribution is -2.05. The fourth-order valence-electron chi connectivity index (χ4n) is 2.47. The molecule has 0 fully saturated rings. The van der Waals surface area contributed by atoms with Crippen LogP contribution in [0.15, 0.2) is 78.9 Å². The van der Waals surface area contributed by atoms with Crippen molar-refractivity contribution in [3.63, 3.8) is 0 Å². The molecule has 0 aliphatic heterocycles. The Labute approximate surface area is 153 Å². The lowest BCUT2D eigenvalue weighted by molar-refractivity contribution is 0.0472. The van der Waals surface area contributed by atoms with Crippen molar-refractivity contribution in [2.75, 3.05) is 7.11 Å². The Morgan fingerprint density at radius 1 is 0.769 bits per heavy atom. The second-order valence-electron chi connectivity index (χ2n) is 5.70. The zero-order chi connectivity index (χ0) is 18.2. The smallest absolute Gasteiger partial charge is 0.338 e. The first-order valence-electron chi connectivity index (χ1n) is 8.32. The van der Waals surface area contributed by atoms with Crippen molar-refractivity contribution in [1.29, 1.82) is 0 Å². The molecule has 132 valence electrons. The molecule has 0 saturated carbocycles. The number of hydrogen-bond donors (Lipinski definition) is 0. The van der Waals surface area contributed by atoms with Crippen LogP contribution in [0, 0.1) is 0 Å². The number of carbonyl (C=O) groups is 1. The van der Waals surface area contributed by atoms with Crippen LogP contribution in [0.3, 0.4) is 0 Å². The summed E-state index contributed by atoms with van der Waals surface area (Å²) in [6.45, 7) is 0.601. The molecule has 3 rings (SSSR count). The monoisotopic (exact) mass is 348 g/mol. The Morgan fingerprint density at radius 3 is 2.15 bits per heavy atom. The fraction of sp³-hybridized carbons (Fsp3) is 0.136. The highest BCUT2D eigenvalue weighted by molar-refractivity contribution is 5.89. The summed E-state index contributed by atoms with van der Waals surface area (Å²) in [6, 6.07) is 24.3. The number of rotatable bonds is 7. The molecule has 3 aromatic carbocycles. The third kappa shape index (κ3) is 4.63. The molecule has 0 heterocycles. The topological polar surface area (TPSA) is 44.8 Å². The summed E-state index contributed by atoms with van der Waals surface area (Å²) in [7, 11) is 1.60. The summed E-state index contributed by atoms with van der Waals surface area (Å²) in [4.78, 5) is 12.1. The highest BCUT2D eigenvalue weighted by atomic mass is 16.5. The molecule has 0 unspecified atom stereocenters. The quantitative estimate of drug-likeness (QED) is 0.584. The van der Waals surface area contributed by atoms with Gasteiger partial charge in [0.2, 0.25) is 0 Å². The van der Waals surface area contributed by atoms with Gasteiger partial charge in [-0.2, -0.15) is 0 Å². The minimum Gasteiger partial charge on any atom is -0.493 e. The van der Waals surface area contributed by atoms with Crippen molar-refractivity contribution in [2.24, 2.45) is 0 Å². The maximum atomic E-state index is 12.1. The van der Waals surface area contributed by atoms with Crippen LogP contribution in [-0.2, 0) is 18.0 Å². The Hall–Kier alpha value is -3.27. The Balaban J connectivity index is 1.65. The second-order valence-corrected chi connectivity index (χ2v) is 5.70. The van der Waals surface area contributed by atoms with Gasteiger partial charge in [-0.15, -0.1) is 0 Å². The average molecular weight is 348 g/mol. The number of benzene rings is 3. The molecule has 4 nitrogen and oxygen atoms in total. The van der Waals surface area contributed by atoms with Crippen LogP contribution in [0.4, 0.5) is 0 Å². The van der Waals surface area contributed by atoms with E-state index in [4.69, 9.17) is 14.2 Å². The highest BCUT2D eigenvalue weighted by Crippen LogP contribution is 2.29. The molecule has 0 atom stereocenters. The third-order valence-electron chi connectivity index (χ3n) is 3.84. The first kappa shape index (κ1) is 17.5. The molecule has 0 aromatic heterocycles. The maximum Gasteiger partial charge on any atom is 0.338 e. The first-order valence-corrected chi connectivity index (χ1v) is 8.32. The van der Waals surface area contributed by atoms with Crippen LogP contribution in [0.1, 0.15) is 21.5 Å². The van der Waals surface area contributed by atoms with Gasteiger partial charge >= 0.3 is 5.97 Å². The third-order valence-corrected chi connectivity index (χ3v) is 3.84. The van der Waals surface area contributed by atoms with Gasteiger partial charge in [0.05, 0.1) is 12.7 Å². The average Bonchev–Trinajstić information content (AvgIpc) is 2.72. The van der Waals surface area contributed by atoms with E-state index in [2.05, 4.69) is 0 Å². The normalized spacial score (nSPS) is 10.2. The van der Waals surface area contributed by atoms with Crippen molar-refractivity contribution in [3.05, 3.63) is 95.6 Å². The summed E-state index contributed by atoms with van der Waals surface area (Å²) < 4.78 is 16.6. The van der Waals surface area contributed by atoms with E-state index in [0.29, 0.717) is 23.7 Å². The van der Waals surface area contributed by atoms with E-state index in [1.54, 1.807) is 31.4 Å². The zero-order valence-corrected chi connectivity index (χ0v) is 14.6. The predicted molar refractivity (Wildman–Crippen MR) is 99.3 cm³/mol.